The van der Waals surface area contributed by atoms with Crippen molar-refractivity contribution < 1.29 is 14.5 Å². The number of anilines is 1. The molecule has 0 atom stereocenters. The van der Waals surface area contributed by atoms with E-state index in [1.54, 1.807) is 24.3 Å². The Labute approximate surface area is 151 Å². The average molecular weight is 355 g/mol. The summed E-state index contributed by atoms with van der Waals surface area (Å²) in [5, 5.41) is 10.7. The highest BCUT2D eigenvalue weighted by Crippen LogP contribution is 2.22. The zero-order valence-electron chi connectivity index (χ0n) is 14.3. The van der Waals surface area contributed by atoms with Gasteiger partial charge in [0.1, 0.15) is 11.9 Å². The van der Waals surface area contributed by atoms with E-state index >= 15 is 0 Å². The highest BCUT2D eigenvalue weighted by molar-refractivity contribution is 5.79. The third-order valence-corrected chi connectivity index (χ3v) is 4.48. The molecule has 1 saturated heterocycles. The van der Waals surface area contributed by atoms with Crippen LogP contribution in [0.3, 0.4) is 0 Å². The van der Waals surface area contributed by atoms with Crippen LogP contribution in [0.4, 0.5) is 11.4 Å². The summed E-state index contributed by atoms with van der Waals surface area (Å²) in [5.74, 6) is 0.714. The summed E-state index contributed by atoms with van der Waals surface area (Å²) in [4.78, 5) is 24.5. The van der Waals surface area contributed by atoms with E-state index < -0.39 is 4.92 Å². The molecule has 0 saturated carbocycles. The van der Waals surface area contributed by atoms with Gasteiger partial charge in [-0.2, -0.15) is 0 Å². The minimum absolute atomic E-state index is 0.0111. The predicted octanol–water partition coefficient (Wildman–Crippen LogP) is 2.79. The van der Waals surface area contributed by atoms with Crippen molar-refractivity contribution in [3.63, 3.8) is 0 Å². The number of rotatable bonds is 5. The Morgan fingerprint density at radius 2 is 1.73 bits per heavy atom. The fourth-order valence-corrected chi connectivity index (χ4v) is 2.98. The third-order valence-electron chi connectivity index (χ3n) is 4.48. The maximum Gasteiger partial charge on any atom is 0.269 e. The van der Waals surface area contributed by atoms with E-state index in [9.17, 15) is 14.9 Å². The van der Waals surface area contributed by atoms with Gasteiger partial charge >= 0.3 is 0 Å². The molecule has 1 aliphatic heterocycles. The zero-order valence-corrected chi connectivity index (χ0v) is 14.3. The molecule has 1 aliphatic rings. The summed E-state index contributed by atoms with van der Waals surface area (Å²) in [6.07, 6.45) is 1.86. The first kappa shape index (κ1) is 17.7. The van der Waals surface area contributed by atoms with E-state index in [2.05, 4.69) is 0 Å². The van der Waals surface area contributed by atoms with Crippen molar-refractivity contribution in [3.05, 3.63) is 64.2 Å². The number of nitro benzene ring substituents is 1. The molecule has 7 nitrogen and oxygen atoms in total. The number of amides is 1. The number of nitro groups is 1. The van der Waals surface area contributed by atoms with Crippen LogP contribution >= 0.6 is 0 Å². The monoisotopic (exact) mass is 355 g/mol. The second-order valence-electron chi connectivity index (χ2n) is 6.37. The molecular weight excluding hydrogens is 334 g/mol. The number of nitrogens with zero attached hydrogens (tertiary/aromatic N) is 2. The number of carbonyl (C=O) groups excluding carboxylic acids is 1. The fourth-order valence-electron chi connectivity index (χ4n) is 2.98. The Balaban J connectivity index is 1.48. The number of hydrogen-bond acceptors (Lipinski definition) is 5. The SMILES string of the molecule is Nc1ccc(CC(=O)N2CCC(Oc3ccc([N+](=O)[O-])cc3)CC2)cc1. The van der Waals surface area contributed by atoms with Gasteiger partial charge in [0.15, 0.2) is 0 Å². The lowest BCUT2D eigenvalue weighted by molar-refractivity contribution is -0.384. The van der Waals surface area contributed by atoms with Crippen LogP contribution in [0.2, 0.25) is 0 Å². The summed E-state index contributed by atoms with van der Waals surface area (Å²) in [6.45, 7) is 1.29. The van der Waals surface area contributed by atoms with Crippen LogP contribution in [0.15, 0.2) is 48.5 Å². The van der Waals surface area contributed by atoms with Gasteiger partial charge in [-0.25, -0.2) is 0 Å². The van der Waals surface area contributed by atoms with Crippen LogP contribution in [0.25, 0.3) is 0 Å². The van der Waals surface area contributed by atoms with Crippen molar-refractivity contribution in [2.75, 3.05) is 18.8 Å². The quantitative estimate of drug-likeness (QED) is 0.505. The van der Waals surface area contributed by atoms with Gasteiger partial charge in [0.05, 0.1) is 11.3 Å². The topological polar surface area (TPSA) is 98.7 Å². The van der Waals surface area contributed by atoms with Crippen LogP contribution in [-0.4, -0.2) is 34.9 Å². The molecule has 0 unspecified atom stereocenters. The summed E-state index contributed by atoms with van der Waals surface area (Å²) in [7, 11) is 0. The van der Waals surface area contributed by atoms with Gasteiger partial charge in [-0.3, -0.25) is 14.9 Å². The van der Waals surface area contributed by atoms with Gasteiger partial charge in [0.25, 0.3) is 5.69 Å². The molecule has 0 aromatic heterocycles. The van der Waals surface area contributed by atoms with Crippen molar-refractivity contribution in [2.45, 2.75) is 25.4 Å². The summed E-state index contributed by atoms with van der Waals surface area (Å²) in [5.41, 5.74) is 7.34. The minimum Gasteiger partial charge on any atom is -0.490 e. The second-order valence-corrected chi connectivity index (χ2v) is 6.37. The molecular formula is C19H21N3O4. The van der Waals surface area contributed by atoms with E-state index in [4.69, 9.17) is 10.5 Å². The first-order valence-corrected chi connectivity index (χ1v) is 8.54. The normalized spacial score (nSPS) is 14.8. The van der Waals surface area contributed by atoms with Gasteiger partial charge in [0.2, 0.25) is 5.91 Å². The van der Waals surface area contributed by atoms with Crippen molar-refractivity contribution in [2.24, 2.45) is 0 Å². The summed E-state index contributed by atoms with van der Waals surface area (Å²) >= 11 is 0. The molecule has 2 aromatic carbocycles. The van der Waals surface area contributed by atoms with Gasteiger partial charge in [-0.1, -0.05) is 12.1 Å². The van der Waals surface area contributed by atoms with Crippen molar-refractivity contribution in [1.29, 1.82) is 0 Å². The van der Waals surface area contributed by atoms with E-state index in [-0.39, 0.29) is 17.7 Å². The smallest absolute Gasteiger partial charge is 0.269 e. The lowest BCUT2D eigenvalue weighted by atomic mass is 10.1. The van der Waals surface area contributed by atoms with Gasteiger partial charge in [-0.15, -0.1) is 0 Å². The van der Waals surface area contributed by atoms with Gasteiger partial charge in [-0.05, 0) is 29.8 Å². The van der Waals surface area contributed by atoms with E-state index in [0.29, 0.717) is 30.9 Å². The zero-order chi connectivity index (χ0) is 18.5. The van der Waals surface area contributed by atoms with Gasteiger partial charge in [0, 0.05) is 43.8 Å². The molecule has 1 amide bonds. The van der Waals surface area contributed by atoms with Crippen molar-refractivity contribution >= 4 is 17.3 Å². The van der Waals surface area contributed by atoms with Crippen LogP contribution in [0, 0.1) is 10.1 Å². The Bertz CT molecular complexity index is 766. The number of carbonyl (C=O) groups is 1. The van der Waals surface area contributed by atoms with E-state index in [1.165, 1.54) is 12.1 Å². The molecule has 0 spiro atoms. The lowest BCUT2D eigenvalue weighted by Gasteiger charge is -2.32. The molecule has 2 aromatic rings. The molecule has 3 rings (SSSR count). The average Bonchev–Trinajstić information content (AvgIpc) is 2.64. The molecule has 0 radical (unpaired) electrons. The van der Waals surface area contributed by atoms with E-state index in [1.807, 2.05) is 17.0 Å². The van der Waals surface area contributed by atoms with Crippen LogP contribution < -0.4 is 10.5 Å². The first-order chi connectivity index (χ1) is 12.5. The summed E-state index contributed by atoms with van der Waals surface area (Å²) in [6, 6.07) is 13.4. The second kappa shape index (κ2) is 7.86. The number of piperidine rings is 1. The highest BCUT2D eigenvalue weighted by Gasteiger charge is 2.24. The first-order valence-electron chi connectivity index (χ1n) is 8.54. The fraction of sp³-hybridized carbons (Fsp3) is 0.316. The van der Waals surface area contributed by atoms with Crippen molar-refractivity contribution in [1.82, 2.24) is 4.90 Å². The predicted molar refractivity (Wildman–Crippen MR) is 97.9 cm³/mol. The standard InChI is InChI=1S/C19H21N3O4/c20-15-3-1-14(2-4-15)13-19(23)21-11-9-18(10-12-21)26-17-7-5-16(6-8-17)22(24)25/h1-8,18H,9-13,20H2. The lowest BCUT2D eigenvalue weighted by Crippen LogP contribution is -2.42. The Morgan fingerprint density at radius 3 is 2.31 bits per heavy atom. The minimum atomic E-state index is -0.436. The Hall–Kier alpha value is -3.09. The largest absolute Gasteiger partial charge is 0.490 e. The number of hydrogen-bond donors (Lipinski definition) is 1. The third kappa shape index (κ3) is 4.50. The maximum absolute atomic E-state index is 12.4. The number of nitrogens with two attached hydrogens (primary N) is 1. The van der Waals surface area contributed by atoms with E-state index in [0.717, 1.165) is 18.4 Å². The van der Waals surface area contributed by atoms with Crippen LogP contribution in [-0.2, 0) is 11.2 Å². The number of ether oxygens (including phenoxy) is 1. The molecule has 7 heteroatoms. The Kier molecular flexibility index (Phi) is 5.36. The molecule has 0 bridgehead atoms. The van der Waals surface area contributed by atoms with Crippen molar-refractivity contribution in [3.8, 4) is 5.75 Å². The van der Waals surface area contributed by atoms with Crippen LogP contribution in [0.5, 0.6) is 5.75 Å². The molecule has 136 valence electrons. The number of benzene rings is 2. The van der Waals surface area contributed by atoms with Crippen LogP contribution in [0.1, 0.15) is 18.4 Å². The molecule has 1 heterocycles. The molecule has 2 N–H and O–H groups in total. The maximum atomic E-state index is 12.4. The number of non-ortho nitro benzene ring substituents is 1. The molecule has 26 heavy (non-hydrogen) atoms. The van der Waals surface area contributed by atoms with Gasteiger partial charge < -0.3 is 15.4 Å². The highest BCUT2D eigenvalue weighted by atomic mass is 16.6. The molecule has 0 aliphatic carbocycles. The number of nitrogen functional groups attached to an aromatic ring is 1. The summed E-state index contributed by atoms with van der Waals surface area (Å²) < 4.78 is 5.88. The number of likely N-dealkylation sites (tertiary alicyclic amines) is 1. The Morgan fingerprint density at radius 1 is 1.12 bits per heavy atom. The molecule has 1 fully saturated rings.